The molecule has 1 aromatic rings. The number of rotatable bonds is 6. The van der Waals surface area contributed by atoms with E-state index < -0.39 is 0 Å². The second-order valence-corrected chi connectivity index (χ2v) is 6.53. The number of anilines is 1. The number of methoxy groups -OCH3 is 1. The van der Waals surface area contributed by atoms with Gasteiger partial charge in [-0.1, -0.05) is 30.9 Å². The Labute approximate surface area is 137 Å². The number of nitrogens with one attached hydrogen (secondary N) is 1. The van der Waals surface area contributed by atoms with Crippen molar-refractivity contribution in [3.8, 4) is 5.75 Å². The lowest BCUT2D eigenvalue weighted by Crippen LogP contribution is -2.34. The number of hydrogen-bond donors (Lipinski definition) is 1. The Balaban J connectivity index is 1.85. The van der Waals surface area contributed by atoms with Gasteiger partial charge >= 0.3 is 0 Å². The molecule has 1 saturated carbocycles. The summed E-state index contributed by atoms with van der Waals surface area (Å²) in [7, 11) is 3.58. The van der Waals surface area contributed by atoms with Gasteiger partial charge in [-0.15, -0.1) is 0 Å². The molecular weight excluding hydrogens is 300 g/mol. The normalized spacial score (nSPS) is 15.8. The standard InChI is InChI=1S/C17H25ClN2O2/c1-20(11-13-6-4-3-5-7-13)12-17(21)19-15-10-14(18)8-9-16(15)22-2/h8-10,13H,3-7,11-12H2,1-2H3,(H,19,21). The average Bonchev–Trinajstić information content (AvgIpc) is 2.48. The number of carbonyl (C=O) groups is 1. The first-order chi connectivity index (χ1) is 10.6. The monoisotopic (exact) mass is 324 g/mol. The van der Waals surface area contributed by atoms with Crippen LogP contribution in [0, 0.1) is 5.92 Å². The highest BCUT2D eigenvalue weighted by molar-refractivity contribution is 6.31. The Bertz CT molecular complexity index is 501. The van der Waals surface area contributed by atoms with Crippen molar-refractivity contribution >= 4 is 23.2 Å². The Kier molecular flexibility index (Phi) is 6.52. The molecule has 4 nitrogen and oxygen atoms in total. The first kappa shape index (κ1) is 17.1. The molecule has 0 bridgehead atoms. The van der Waals surface area contributed by atoms with Crippen molar-refractivity contribution in [3.63, 3.8) is 0 Å². The fourth-order valence-electron chi connectivity index (χ4n) is 3.09. The molecule has 0 aliphatic heterocycles. The average molecular weight is 325 g/mol. The van der Waals surface area contributed by atoms with Gasteiger partial charge in [0, 0.05) is 11.6 Å². The lowest BCUT2D eigenvalue weighted by molar-refractivity contribution is -0.117. The minimum Gasteiger partial charge on any atom is -0.495 e. The zero-order valence-electron chi connectivity index (χ0n) is 13.4. The molecule has 1 aliphatic carbocycles. The summed E-state index contributed by atoms with van der Waals surface area (Å²) >= 11 is 5.97. The van der Waals surface area contributed by atoms with Gasteiger partial charge in [0.05, 0.1) is 19.3 Å². The number of halogens is 1. The summed E-state index contributed by atoms with van der Waals surface area (Å²) < 4.78 is 5.24. The minimum absolute atomic E-state index is 0.0427. The minimum atomic E-state index is -0.0427. The molecule has 2 rings (SSSR count). The number of nitrogens with zero attached hydrogens (tertiary/aromatic N) is 1. The van der Waals surface area contributed by atoms with Crippen molar-refractivity contribution in [2.45, 2.75) is 32.1 Å². The summed E-state index contributed by atoms with van der Waals surface area (Å²) in [6.07, 6.45) is 6.58. The molecule has 0 spiro atoms. The SMILES string of the molecule is COc1ccc(Cl)cc1NC(=O)CN(C)CC1CCCCC1. The molecule has 0 unspecified atom stereocenters. The van der Waals surface area contributed by atoms with Crippen molar-refractivity contribution in [1.29, 1.82) is 0 Å². The van der Waals surface area contributed by atoms with Crippen LogP contribution in [0.5, 0.6) is 5.75 Å². The van der Waals surface area contributed by atoms with Crippen LogP contribution < -0.4 is 10.1 Å². The van der Waals surface area contributed by atoms with Crippen LogP contribution in [-0.2, 0) is 4.79 Å². The van der Waals surface area contributed by atoms with Crippen LogP contribution >= 0.6 is 11.6 Å². The summed E-state index contributed by atoms with van der Waals surface area (Å²) in [5, 5.41) is 3.46. The van der Waals surface area contributed by atoms with Crippen LogP contribution in [0.4, 0.5) is 5.69 Å². The Hall–Kier alpha value is -1.26. The fraction of sp³-hybridized carbons (Fsp3) is 0.588. The van der Waals surface area contributed by atoms with Gasteiger partial charge in [0.2, 0.25) is 5.91 Å². The lowest BCUT2D eigenvalue weighted by atomic mass is 9.89. The van der Waals surface area contributed by atoms with E-state index in [1.807, 2.05) is 7.05 Å². The molecule has 22 heavy (non-hydrogen) atoms. The van der Waals surface area contributed by atoms with Crippen molar-refractivity contribution in [3.05, 3.63) is 23.2 Å². The van der Waals surface area contributed by atoms with E-state index in [9.17, 15) is 4.79 Å². The Morgan fingerprint density at radius 2 is 2.09 bits per heavy atom. The molecule has 1 aliphatic rings. The largest absolute Gasteiger partial charge is 0.495 e. The van der Waals surface area contributed by atoms with Crippen LogP contribution in [-0.4, -0.2) is 38.1 Å². The van der Waals surface area contributed by atoms with E-state index in [1.54, 1.807) is 25.3 Å². The van der Waals surface area contributed by atoms with Gasteiger partial charge in [-0.25, -0.2) is 0 Å². The van der Waals surface area contributed by atoms with Crippen molar-refractivity contribution in [1.82, 2.24) is 4.90 Å². The van der Waals surface area contributed by atoms with E-state index in [4.69, 9.17) is 16.3 Å². The van der Waals surface area contributed by atoms with Crippen LogP contribution in [0.1, 0.15) is 32.1 Å². The maximum Gasteiger partial charge on any atom is 0.238 e. The maximum atomic E-state index is 12.2. The van der Waals surface area contributed by atoms with E-state index in [0.717, 1.165) is 12.5 Å². The molecule has 0 atom stereocenters. The van der Waals surface area contributed by atoms with Gasteiger partial charge in [-0.3, -0.25) is 9.69 Å². The number of ether oxygens (including phenoxy) is 1. The molecule has 0 aromatic heterocycles. The van der Waals surface area contributed by atoms with Gasteiger partial charge in [-0.2, -0.15) is 0 Å². The molecule has 1 amide bonds. The Morgan fingerprint density at radius 1 is 1.36 bits per heavy atom. The molecule has 122 valence electrons. The lowest BCUT2D eigenvalue weighted by Gasteiger charge is -2.26. The van der Waals surface area contributed by atoms with E-state index >= 15 is 0 Å². The molecule has 0 radical (unpaired) electrons. The van der Waals surface area contributed by atoms with Crippen LogP contribution in [0.25, 0.3) is 0 Å². The third kappa shape index (κ3) is 5.18. The quantitative estimate of drug-likeness (QED) is 0.865. The summed E-state index contributed by atoms with van der Waals surface area (Å²) in [5.41, 5.74) is 0.617. The molecule has 1 aromatic carbocycles. The number of benzene rings is 1. The second-order valence-electron chi connectivity index (χ2n) is 6.09. The van der Waals surface area contributed by atoms with Gasteiger partial charge in [-0.05, 0) is 44.0 Å². The van der Waals surface area contributed by atoms with E-state index in [-0.39, 0.29) is 5.91 Å². The number of carbonyl (C=O) groups excluding carboxylic acids is 1. The summed E-state index contributed by atoms with van der Waals surface area (Å²) in [4.78, 5) is 14.3. The molecule has 0 saturated heterocycles. The second kappa shape index (κ2) is 8.39. The summed E-state index contributed by atoms with van der Waals surface area (Å²) in [5.74, 6) is 1.30. The first-order valence-electron chi connectivity index (χ1n) is 7.90. The van der Waals surface area contributed by atoms with Crippen molar-refractivity contribution in [2.75, 3.05) is 32.6 Å². The zero-order valence-corrected chi connectivity index (χ0v) is 14.2. The predicted molar refractivity (Wildman–Crippen MR) is 90.7 cm³/mol. The molecule has 1 fully saturated rings. The van der Waals surface area contributed by atoms with Crippen LogP contribution in [0.15, 0.2) is 18.2 Å². The number of amides is 1. The maximum absolute atomic E-state index is 12.2. The number of likely N-dealkylation sites (N-methyl/N-ethyl adjacent to an activating group) is 1. The highest BCUT2D eigenvalue weighted by Crippen LogP contribution is 2.28. The summed E-state index contributed by atoms with van der Waals surface area (Å²) in [6.45, 7) is 1.37. The van der Waals surface area contributed by atoms with E-state index in [1.165, 1.54) is 32.1 Å². The van der Waals surface area contributed by atoms with E-state index in [0.29, 0.717) is 23.0 Å². The van der Waals surface area contributed by atoms with Gasteiger partial charge in [0.1, 0.15) is 5.75 Å². The Morgan fingerprint density at radius 3 is 2.77 bits per heavy atom. The van der Waals surface area contributed by atoms with Crippen molar-refractivity contribution in [2.24, 2.45) is 5.92 Å². The topological polar surface area (TPSA) is 41.6 Å². The molecule has 0 heterocycles. The smallest absolute Gasteiger partial charge is 0.238 e. The highest BCUT2D eigenvalue weighted by Gasteiger charge is 2.17. The summed E-state index contributed by atoms with van der Waals surface area (Å²) in [6, 6.07) is 5.20. The highest BCUT2D eigenvalue weighted by atomic mass is 35.5. The first-order valence-corrected chi connectivity index (χ1v) is 8.28. The van der Waals surface area contributed by atoms with E-state index in [2.05, 4.69) is 10.2 Å². The van der Waals surface area contributed by atoms with Crippen LogP contribution in [0.3, 0.4) is 0 Å². The third-order valence-corrected chi connectivity index (χ3v) is 4.38. The molecule has 1 N–H and O–H groups in total. The van der Waals surface area contributed by atoms with Crippen LogP contribution in [0.2, 0.25) is 5.02 Å². The third-order valence-electron chi connectivity index (χ3n) is 4.14. The molecular formula is C17H25ClN2O2. The number of hydrogen-bond acceptors (Lipinski definition) is 3. The van der Waals surface area contributed by atoms with Gasteiger partial charge < -0.3 is 10.1 Å². The predicted octanol–water partition coefficient (Wildman–Crippen LogP) is 3.80. The van der Waals surface area contributed by atoms with Crippen molar-refractivity contribution < 1.29 is 9.53 Å². The van der Waals surface area contributed by atoms with Gasteiger partial charge in [0.15, 0.2) is 0 Å². The fourth-order valence-corrected chi connectivity index (χ4v) is 3.26. The zero-order chi connectivity index (χ0) is 15.9. The molecule has 5 heteroatoms. The van der Waals surface area contributed by atoms with Gasteiger partial charge in [0.25, 0.3) is 0 Å².